The molecule has 0 aliphatic carbocycles. The van der Waals surface area contributed by atoms with Gasteiger partial charge >= 0.3 is 12.1 Å². The molecule has 1 amide bonds. The van der Waals surface area contributed by atoms with Crippen LogP contribution in [0.3, 0.4) is 0 Å². The smallest absolute Gasteiger partial charge is 0.408 e. The molecular formula is C17H24N2O4. The van der Waals surface area contributed by atoms with Crippen LogP contribution in [0.4, 0.5) is 4.79 Å². The first-order valence-electron chi connectivity index (χ1n) is 7.62. The van der Waals surface area contributed by atoms with Gasteiger partial charge in [0.05, 0.1) is 0 Å². The van der Waals surface area contributed by atoms with E-state index in [9.17, 15) is 9.59 Å². The molecule has 6 heteroatoms. The number of nitrogens with two attached hydrogens (primary N) is 1. The number of esters is 1. The maximum Gasteiger partial charge on any atom is 0.408 e. The molecule has 1 aromatic carbocycles. The van der Waals surface area contributed by atoms with Gasteiger partial charge in [-0.15, -0.1) is 0 Å². The topological polar surface area (TPSA) is 90.6 Å². The van der Waals surface area contributed by atoms with E-state index in [4.69, 9.17) is 15.2 Å². The molecule has 0 spiro atoms. The highest BCUT2D eigenvalue weighted by Crippen LogP contribution is 2.06. The third kappa shape index (κ3) is 8.01. The Hall–Kier alpha value is -2.34. The summed E-state index contributed by atoms with van der Waals surface area (Å²) in [5.74, 6) is -0.485. The number of carbonyl (C=O) groups is 2. The van der Waals surface area contributed by atoms with E-state index in [1.807, 2.05) is 30.3 Å². The zero-order valence-electron chi connectivity index (χ0n) is 13.2. The quantitative estimate of drug-likeness (QED) is 0.391. The first-order valence-corrected chi connectivity index (χ1v) is 7.62. The molecular weight excluding hydrogens is 296 g/mol. The Morgan fingerprint density at radius 3 is 2.61 bits per heavy atom. The van der Waals surface area contributed by atoms with E-state index in [-0.39, 0.29) is 13.2 Å². The molecule has 0 saturated heterocycles. The molecule has 0 bridgehead atoms. The van der Waals surface area contributed by atoms with Crippen LogP contribution in [0.5, 0.6) is 0 Å². The highest BCUT2D eigenvalue weighted by molar-refractivity contribution is 5.81. The van der Waals surface area contributed by atoms with E-state index in [1.54, 1.807) is 0 Å². The van der Waals surface area contributed by atoms with Crippen LogP contribution >= 0.6 is 0 Å². The maximum atomic E-state index is 12.2. The van der Waals surface area contributed by atoms with Gasteiger partial charge in [-0.1, -0.05) is 43.0 Å². The van der Waals surface area contributed by atoms with Crippen molar-refractivity contribution in [2.75, 3.05) is 13.2 Å². The Morgan fingerprint density at radius 1 is 1.22 bits per heavy atom. The second-order valence-electron chi connectivity index (χ2n) is 4.96. The molecule has 0 radical (unpaired) electrons. The normalized spacial score (nSPS) is 11.3. The van der Waals surface area contributed by atoms with Crippen LogP contribution in [0, 0.1) is 0 Å². The van der Waals surface area contributed by atoms with E-state index < -0.39 is 18.1 Å². The van der Waals surface area contributed by atoms with Crippen LogP contribution in [-0.2, 0) is 20.9 Å². The lowest BCUT2D eigenvalue weighted by atomic mass is 10.1. The number of amides is 1. The summed E-state index contributed by atoms with van der Waals surface area (Å²) in [5.41, 5.74) is 6.34. The van der Waals surface area contributed by atoms with Crippen molar-refractivity contribution in [2.45, 2.75) is 31.9 Å². The predicted octanol–water partition coefficient (Wildman–Crippen LogP) is 2.14. The van der Waals surface area contributed by atoms with E-state index in [0.29, 0.717) is 19.4 Å². The molecule has 1 aromatic rings. The first kappa shape index (κ1) is 18.7. The van der Waals surface area contributed by atoms with Gasteiger partial charge in [0.15, 0.2) is 0 Å². The minimum absolute atomic E-state index is 0.0837. The fourth-order valence-corrected chi connectivity index (χ4v) is 1.89. The van der Waals surface area contributed by atoms with Crippen molar-refractivity contribution in [3.8, 4) is 0 Å². The average molecular weight is 320 g/mol. The number of carbonyl (C=O) groups excluding carboxylic acids is 2. The van der Waals surface area contributed by atoms with Crippen molar-refractivity contribution in [1.82, 2.24) is 5.32 Å². The Morgan fingerprint density at radius 2 is 1.96 bits per heavy atom. The second-order valence-corrected chi connectivity index (χ2v) is 4.96. The number of benzene rings is 1. The lowest BCUT2D eigenvalue weighted by Crippen LogP contribution is -2.42. The van der Waals surface area contributed by atoms with Crippen LogP contribution in [0.15, 0.2) is 43.0 Å². The van der Waals surface area contributed by atoms with E-state index in [2.05, 4.69) is 11.9 Å². The summed E-state index contributed by atoms with van der Waals surface area (Å²) in [7, 11) is 0. The fourth-order valence-electron chi connectivity index (χ4n) is 1.89. The van der Waals surface area contributed by atoms with Gasteiger partial charge in [0.2, 0.25) is 0 Å². The molecule has 6 nitrogen and oxygen atoms in total. The van der Waals surface area contributed by atoms with Gasteiger partial charge in [-0.25, -0.2) is 9.59 Å². The van der Waals surface area contributed by atoms with E-state index in [1.165, 1.54) is 6.08 Å². The molecule has 126 valence electrons. The highest BCUT2D eigenvalue weighted by Gasteiger charge is 2.22. The number of nitrogens with one attached hydrogen (secondary N) is 1. The molecule has 0 aliphatic rings. The SMILES string of the molecule is C=CCOC(=O)N[C@@H](CCCCN)C(=O)OCc1ccccc1. The van der Waals surface area contributed by atoms with E-state index in [0.717, 1.165) is 12.0 Å². The van der Waals surface area contributed by atoms with Crippen molar-refractivity contribution in [2.24, 2.45) is 5.73 Å². The number of unbranched alkanes of at least 4 members (excludes halogenated alkanes) is 1. The summed E-state index contributed by atoms with van der Waals surface area (Å²) < 4.78 is 10.1. The van der Waals surface area contributed by atoms with Gasteiger partial charge in [-0.2, -0.15) is 0 Å². The average Bonchev–Trinajstić information content (AvgIpc) is 2.58. The summed E-state index contributed by atoms with van der Waals surface area (Å²) in [6, 6.07) is 8.60. The van der Waals surface area contributed by atoms with Gasteiger partial charge in [-0.05, 0) is 31.4 Å². The number of ether oxygens (including phenoxy) is 2. The minimum atomic E-state index is -0.748. The zero-order chi connectivity index (χ0) is 16.9. The zero-order valence-corrected chi connectivity index (χ0v) is 13.2. The van der Waals surface area contributed by atoms with Gasteiger partial charge < -0.3 is 20.5 Å². The molecule has 0 aromatic heterocycles. The second kappa shape index (κ2) is 11.3. The molecule has 0 aliphatic heterocycles. The molecule has 23 heavy (non-hydrogen) atoms. The molecule has 1 atom stereocenters. The number of hydrogen-bond donors (Lipinski definition) is 2. The number of rotatable bonds is 10. The Kier molecular flexibility index (Phi) is 9.16. The van der Waals surface area contributed by atoms with Crippen LogP contribution in [0.25, 0.3) is 0 Å². The summed E-state index contributed by atoms with van der Waals surface area (Å²) in [6.45, 7) is 4.24. The number of alkyl carbamates (subject to hydrolysis) is 1. The maximum absolute atomic E-state index is 12.2. The van der Waals surface area contributed by atoms with Gasteiger partial charge in [0, 0.05) is 0 Å². The van der Waals surface area contributed by atoms with E-state index >= 15 is 0 Å². The third-order valence-corrected chi connectivity index (χ3v) is 3.08. The molecule has 0 heterocycles. The summed E-state index contributed by atoms with van der Waals surface area (Å²) in [5, 5.41) is 2.52. The van der Waals surface area contributed by atoms with Crippen molar-refractivity contribution in [3.63, 3.8) is 0 Å². The van der Waals surface area contributed by atoms with Crippen LogP contribution in [-0.4, -0.2) is 31.3 Å². The predicted molar refractivity (Wildman–Crippen MR) is 87.6 cm³/mol. The number of hydrogen-bond acceptors (Lipinski definition) is 5. The molecule has 1 rings (SSSR count). The van der Waals surface area contributed by atoms with Crippen molar-refractivity contribution < 1.29 is 19.1 Å². The highest BCUT2D eigenvalue weighted by atomic mass is 16.6. The molecule has 0 saturated carbocycles. The lowest BCUT2D eigenvalue weighted by molar-refractivity contribution is -0.147. The molecule has 0 unspecified atom stereocenters. The van der Waals surface area contributed by atoms with Crippen LogP contribution in [0.1, 0.15) is 24.8 Å². The van der Waals surface area contributed by atoms with Gasteiger partial charge in [-0.3, -0.25) is 0 Å². The summed E-state index contributed by atoms with van der Waals surface area (Å²) in [6.07, 6.45) is 2.72. The van der Waals surface area contributed by atoms with Crippen LogP contribution in [0.2, 0.25) is 0 Å². The largest absolute Gasteiger partial charge is 0.459 e. The van der Waals surface area contributed by atoms with Crippen LogP contribution < -0.4 is 11.1 Å². The Bertz CT molecular complexity index is 491. The van der Waals surface area contributed by atoms with Crippen molar-refractivity contribution >= 4 is 12.1 Å². The Labute approximate surface area is 136 Å². The first-order chi connectivity index (χ1) is 11.2. The molecule has 0 fully saturated rings. The van der Waals surface area contributed by atoms with Crippen molar-refractivity contribution in [1.29, 1.82) is 0 Å². The monoisotopic (exact) mass is 320 g/mol. The summed E-state index contributed by atoms with van der Waals surface area (Å²) >= 11 is 0. The van der Waals surface area contributed by atoms with Gasteiger partial charge in [0.25, 0.3) is 0 Å². The van der Waals surface area contributed by atoms with Crippen molar-refractivity contribution in [3.05, 3.63) is 48.6 Å². The fraction of sp³-hybridized carbons (Fsp3) is 0.412. The Balaban J connectivity index is 2.52. The minimum Gasteiger partial charge on any atom is -0.459 e. The molecule has 3 N–H and O–H groups in total. The van der Waals surface area contributed by atoms with Gasteiger partial charge in [0.1, 0.15) is 19.3 Å². The summed E-state index contributed by atoms with van der Waals surface area (Å²) in [4.78, 5) is 23.8. The third-order valence-electron chi connectivity index (χ3n) is 3.08. The standard InChI is InChI=1S/C17H24N2O4/c1-2-12-22-17(21)19-15(10-6-7-11-18)16(20)23-13-14-8-4-3-5-9-14/h2-5,8-9,15H,1,6-7,10-13,18H2,(H,19,21)/t15-/m0/s1. The lowest BCUT2D eigenvalue weighted by Gasteiger charge is -2.17.